The molecule has 28 heavy (non-hydrogen) atoms. The first kappa shape index (κ1) is 20.3. The highest BCUT2D eigenvalue weighted by molar-refractivity contribution is 7.15. The summed E-state index contributed by atoms with van der Waals surface area (Å²) in [6, 6.07) is 17.3. The van der Waals surface area contributed by atoms with E-state index in [4.69, 9.17) is 10.5 Å². The molecule has 7 heteroatoms. The summed E-state index contributed by atoms with van der Waals surface area (Å²) in [5, 5.41) is 4.38. The van der Waals surface area contributed by atoms with Crippen molar-refractivity contribution in [2.75, 3.05) is 13.1 Å². The van der Waals surface area contributed by atoms with E-state index < -0.39 is 5.91 Å². The van der Waals surface area contributed by atoms with Gasteiger partial charge in [0.15, 0.2) is 0 Å². The average Bonchev–Trinajstić information content (AvgIpc) is 3.16. The van der Waals surface area contributed by atoms with Crippen LogP contribution in [0.3, 0.4) is 0 Å². The Bertz CT molecular complexity index is 923. The number of nitrogens with zero attached hydrogens (tertiary/aromatic N) is 1. The Hall–Kier alpha value is -2.41. The van der Waals surface area contributed by atoms with Gasteiger partial charge in [0.1, 0.15) is 17.2 Å². The minimum atomic E-state index is -0.485. The lowest BCUT2D eigenvalue weighted by Gasteiger charge is -2.20. The largest absolute Gasteiger partial charge is 0.457 e. The first-order valence-electron chi connectivity index (χ1n) is 9.05. The van der Waals surface area contributed by atoms with E-state index in [1.807, 2.05) is 54.6 Å². The van der Waals surface area contributed by atoms with Gasteiger partial charge in [0.25, 0.3) is 5.91 Å². The van der Waals surface area contributed by atoms with Gasteiger partial charge in [-0.1, -0.05) is 18.2 Å². The smallest absolute Gasteiger partial charge is 0.268 e. The molecule has 0 radical (unpaired) electrons. The number of benzene rings is 2. The summed E-state index contributed by atoms with van der Waals surface area (Å²) in [6.07, 6.45) is 2.21. The molecule has 1 unspecified atom stereocenters. The predicted molar refractivity (Wildman–Crippen MR) is 115 cm³/mol. The zero-order valence-electron chi connectivity index (χ0n) is 15.3. The van der Waals surface area contributed by atoms with Crippen LogP contribution in [0.5, 0.6) is 11.5 Å². The van der Waals surface area contributed by atoms with Crippen molar-refractivity contribution in [2.24, 2.45) is 5.73 Å². The van der Waals surface area contributed by atoms with Gasteiger partial charge in [0.05, 0.1) is 9.88 Å². The second kappa shape index (κ2) is 9.19. The Labute approximate surface area is 174 Å². The van der Waals surface area contributed by atoms with Crippen molar-refractivity contribution < 1.29 is 9.53 Å². The van der Waals surface area contributed by atoms with Crippen LogP contribution in [-0.2, 0) is 0 Å². The summed E-state index contributed by atoms with van der Waals surface area (Å²) >= 11 is 1.56. The molecule has 3 aromatic rings. The maximum absolute atomic E-state index is 11.9. The minimum absolute atomic E-state index is 0. The topological polar surface area (TPSA) is 77.2 Å². The Morgan fingerprint density at radius 3 is 2.46 bits per heavy atom. The summed E-state index contributed by atoms with van der Waals surface area (Å²) in [4.78, 5) is 17.3. The number of carbonyl (C=O) groups excluding carboxylic acids is 1. The molecule has 2 heterocycles. The molecule has 1 aromatic heterocycles. The van der Waals surface area contributed by atoms with Crippen molar-refractivity contribution >= 4 is 29.7 Å². The molecular weight excluding hydrogens is 394 g/mol. The molecule has 1 aliphatic rings. The van der Waals surface area contributed by atoms with Crippen LogP contribution in [-0.4, -0.2) is 24.0 Å². The van der Waals surface area contributed by atoms with E-state index in [1.54, 1.807) is 11.3 Å². The maximum atomic E-state index is 11.9. The molecule has 2 aromatic carbocycles. The van der Waals surface area contributed by atoms with Crippen molar-refractivity contribution in [1.82, 2.24) is 10.3 Å². The van der Waals surface area contributed by atoms with Crippen LogP contribution in [0.2, 0.25) is 0 Å². The fourth-order valence-electron chi connectivity index (χ4n) is 3.24. The summed E-state index contributed by atoms with van der Waals surface area (Å²) in [5.41, 5.74) is 6.88. The lowest BCUT2D eigenvalue weighted by atomic mass is 10.0. The Balaban J connectivity index is 0.00000225. The van der Waals surface area contributed by atoms with Crippen molar-refractivity contribution in [3.8, 4) is 21.9 Å². The molecule has 1 amide bonds. The number of piperidine rings is 1. The molecule has 0 bridgehead atoms. The quantitative estimate of drug-likeness (QED) is 0.638. The zero-order chi connectivity index (χ0) is 18.6. The van der Waals surface area contributed by atoms with Crippen LogP contribution in [0.4, 0.5) is 0 Å². The summed E-state index contributed by atoms with van der Waals surface area (Å²) in [5.74, 6) is 1.39. The van der Waals surface area contributed by atoms with Crippen LogP contribution in [0.1, 0.15) is 34.3 Å². The van der Waals surface area contributed by atoms with Crippen LogP contribution in [0, 0.1) is 0 Å². The number of hydrogen-bond donors (Lipinski definition) is 2. The second-order valence-electron chi connectivity index (χ2n) is 6.58. The molecule has 1 aliphatic heterocycles. The van der Waals surface area contributed by atoms with Crippen LogP contribution in [0.15, 0.2) is 54.6 Å². The van der Waals surface area contributed by atoms with Gasteiger partial charge >= 0.3 is 0 Å². The van der Waals surface area contributed by atoms with Crippen molar-refractivity contribution in [3.63, 3.8) is 0 Å². The third-order valence-electron chi connectivity index (χ3n) is 4.62. The van der Waals surface area contributed by atoms with Crippen molar-refractivity contribution in [3.05, 3.63) is 65.3 Å². The first-order valence-corrected chi connectivity index (χ1v) is 9.87. The average molecular weight is 416 g/mol. The highest BCUT2D eigenvalue weighted by atomic mass is 35.5. The number of amides is 1. The minimum Gasteiger partial charge on any atom is -0.457 e. The fraction of sp³-hybridized carbons (Fsp3) is 0.238. The molecule has 5 nitrogen and oxygen atoms in total. The van der Waals surface area contributed by atoms with Crippen molar-refractivity contribution in [2.45, 2.75) is 18.8 Å². The number of thiazole rings is 1. The van der Waals surface area contributed by atoms with E-state index in [0.717, 1.165) is 52.9 Å². The number of carbonyl (C=O) groups is 1. The van der Waals surface area contributed by atoms with Gasteiger partial charge in [-0.05, 0) is 61.3 Å². The van der Waals surface area contributed by atoms with E-state index in [2.05, 4.69) is 10.3 Å². The van der Waals surface area contributed by atoms with E-state index in [-0.39, 0.29) is 12.4 Å². The summed E-state index contributed by atoms with van der Waals surface area (Å²) in [6.45, 7) is 1.94. The molecular formula is C21H22ClN3O2S. The number of aromatic nitrogens is 1. The Morgan fingerprint density at radius 1 is 1.11 bits per heavy atom. The van der Waals surface area contributed by atoms with E-state index in [9.17, 15) is 4.79 Å². The number of ether oxygens (including phenoxy) is 1. The van der Waals surface area contributed by atoms with Gasteiger partial charge in [0, 0.05) is 12.5 Å². The van der Waals surface area contributed by atoms with Gasteiger partial charge in [-0.15, -0.1) is 23.7 Å². The number of primary amides is 1. The van der Waals surface area contributed by atoms with E-state index >= 15 is 0 Å². The molecule has 146 valence electrons. The Kier molecular flexibility index (Phi) is 6.67. The summed E-state index contributed by atoms with van der Waals surface area (Å²) in [7, 11) is 0. The normalized spacial score (nSPS) is 16.2. The molecule has 0 aliphatic carbocycles. The Morgan fingerprint density at radius 2 is 1.82 bits per heavy atom. The van der Waals surface area contributed by atoms with Gasteiger partial charge in [0.2, 0.25) is 0 Å². The molecule has 1 atom stereocenters. The molecule has 0 spiro atoms. The number of para-hydroxylation sites is 1. The van der Waals surface area contributed by atoms with Crippen molar-refractivity contribution in [1.29, 1.82) is 0 Å². The van der Waals surface area contributed by atoms with Gasteiger partial charge < -0.3 is 15.8 Å². The van der Waals surface area contributed by atoms with Crippen LogP contribution in [0.25, 0.3) is 10.4 Å². The fourth-order valence-corrected chi connectivity index (χ4v) is 4.45. The molecule has 4 rings (SSSR count). The number of rotatable bonds is 5. The summed E-state index contributed by atoms with van der Waals surface area (Å²) < 4.78 is 5.84. The lowest BCUT2D eigenvalue weighted by Crippen LogP contribution is -2.28. The van der Waals surface area contributed by atoms with Crippen LogP contribution >= 0.6 is 23.7 Å². The third-order valence-corrected chi connectivity index (χ3v) is 5.89. The predicted octanol–water partition coefficient (Wildman–Crippen LogP) is 4.59. The molecule has 1 fully saturated rings. The van der Waals surface area contributed by atoms with E-state index in [0.29, 0.717) is 11.6 Å². The number of halogens is 1. The number of nitrogens with one attached hydrogen (secondary N) is 1. The standard InChI is InChI=1S/C21H21N3O2S.ClH/c22-20(25)18-19(27-21(24-18)15-5-4-12-23-13-15)14-8-10-17(11-9-14)26-16-6-2-1-3-7-16;/h1-3,6-11,15,23H,4-5,12-13H2,(H2,22,25);1H. The van der Waals surface area contributed by atoms with Gasteiger partial charge in [-0.25, -0.2) is 4.98 Å². The highest BCUT2D eigenvalue weighted by Gasteiger charge is 2.24. The van der Waals surface area contributed by atoms with Crippen LogP contribution < -0.4 is 15.8 Å². The number of hydrogen-bond acceptors (Lipinski definition) is 5. The van der Waals surface area contributed by atoms with Gasteiger partial charge in [-0.3, -0.25) is 4.79 Å². The van der Waals surface area contributed by atoms with E-state index in [1.165, 1.54) is 0 Å². The SMILES string of the molecule is Cl.NC(=O)c1nc(C2CCCNC2)sc1-c1ccc(Oc2ccccc2)cc1. The molecule has 3 N–H and O–H groups in total. The van der Waals surface area contributed by atoms with Gasteiger partial charge in [-0.2, -0.15) is 0 Å². The monoisotopic (exact) mass is 415 g/mol. The molecule has 0 saturated carbocycles. The highest BCUT2D eigenvalue weighted by Crippen LogP contribution is 2.36. The first-order chi connectivity index (χ1) is 13.2. The maximum Gasteiger partial charge on any atom is 0.268 e. The third kappa shape index (κ3) is 4.52. The number of nitrogens with two attached hydrogens (primary N) is 1. The molecule has 1 saturated heterocycles. The lowest BCUT2D eigenvalue weighted by molar-refractivity contribution is 0.0996. The second-order valence-corrected chi connectivity index (χ2v) is 7.61. The zero-order valence-corrected chi connectivity index (χ0v) is 16.9.